The third-order valence-corrected chi connectivity index (χ3v) is 5.14. The molecular formula is C22H24N4O3S. The maximum Gasteiger partial charge on any atom is 0.319 e. The lowest BCUT2D eigenvalue weighted by atomic mass is 10.0. The molecule has 3 amide bonds. The molecule has 3 N–H and O–H groups in total. The molecule has 0 saturated heterocycles. The zero-order valence-electron chi connectivity index (χ0n) is 17.0. The zero-order valence-corrected chi connectivity index (χ0v) is 17.8. The Morgan fingerprint density at radius 1 is 1.00 bits per heavy atom. The number of nitrogens with one attached hydrogen (secondary N) is 3. The van der Waals surface area contributed by atoms with Crippen molar-refractivity contribution >= 4 is 34.1 Å². The summed E-state index contributed by atoms with van der Waals surface area (Å²) in [5, 5.41) is 10.6. The van der Waals surface area contributed by atoms with Crippen LogP contribution in [0, 0.1) is 5.92 Å². The number of urea groups is 1. The summed E-state index contributed by atoms with van der Waals surface area (Å²) in [5.41, 5.74) is 2.21. The fourth-order valence-corrected chi connectivity index (χ4v) is 3.57. The van der Waals surface area contributed by atoms with Crippen molar-refractivity contribution in [3.63, 3.8) is 0 Å². The van der Waals surface area contributed by atoms with Crippen molar-refractivity contribution in [1.29, 1.82) is 0 Å². The molecule has 1 aromatic heterocycles. The van der Waals surface area contributed by atoms with Gasteiger partial charge in [-0.05, 0) is 30.2 Å². The second kappa shape index (κ2) is 9.89. The third-order valence-electron chi connectivity index (χ3n) is 4.38. The molecule has 0 radical (unpaired) electrons. The van der Waals surface area contributed by atoms with Crippen LogP contribution in [0.2, 0.25) is 0 Å². The van der Waals surface area contributed by atoms with E-state index in [0.29, 0.717) is 22.3 Å². The summed E-state index contributed by atoms with van der Waals surface area (Å²) in [6, 6.07) is 15.5. The van der Waals surface area contributed by atoms with Crippen molar-refractivity contribution < 1.29 is 14.3 Å². The second-order valence-electron chi connectivity index (χ2n) is 6.91. The Kier molecular flexibility index (Phi) is 7.03. The summed E-state index contributed by atoms with van der Waals surface area (Å²) in [7, 11) is 1.60. The van der Waals surface area contributed by atoms with Crippen LogP contribution in [0.25, 0.3) is 11.3 Å². The van der Waals surface area contributed by atoms with E-state index in [1.54, 1.807) is 19.2 Å². The van der Waals surface area contributed by atoms with Gasteiger partial charge in [-0.25, -0.2) is 9.78 Å². The first-order chi connectivity index (χ1) is 14.5. The average molecular weight is 425 g/mol. The fraction of sp³-hybridized carbons (Fsp3) is 0.227. The molecule has 1 unspecified atom stereocenters. The first kappa shape index (κ1) is 21.3. The molecule has 0 aliphatic heterocycles. The predicted molar refractivity (Wildman–Crippen MR) is 120 cm³/mol. The van der Waals surface area contributed by atoms with Crippen molar-refractivity contribution in [3.05, 3.63) is 60.0 Å². The predicted octanol–water partition coefficient (Wildman–Crippen LogP) is 4.60. The molecule has 0 fully saturated rings. The summed E-state index contributed by atoms with van der Waals surface area (Å²) in [6.07, 6.45) is 0. The van der Waals surface area contributed by atoms with Crippen molar-refractivity contribution in [2.24, 2.45) is 5.92 Å². The average Bonchev–Trinajstić information content (AvgIpc) is 3.20. The number of aromatic nitrogens is 1. The number of amides is 3. The van der Waals surface area contributed by atoms with Crippen LogP contribution >= 0.6 is 11.3 Å². The van der Waals surface area contributed by atoms with E-state index >= 15 is 0 Å². The minimum Gasteiger partial charge on any atom is -0.496 e. The Bertz CT molecular complexity index is 1000. The number of anilines is 2. The maximum absolute atomic E-state index is 12.8. The van der Waals surface area contributed by atoms with E-state index in [4.69, 9.17) is 4.74 Å². The van der Waals surface area contributed by atoms with Crippen LogP contribution in [0.3, 0.4) is 0 Å². The van der Waals surface area contributed by atoms with Gasteiger partial charge < -0.3 is 20.7 Å². The van der Waals surface area contributed by atoms with E-state index in [2.05, 4.69) is 20.9 Å². The van der Waals surface area contributed by atoms with Crippen LogP contribution in [-0.2, 0) is 4.79 Å². The maximum atomic E-state index is 12.8. The van der Waals surface area contributed by atoms with Crippen molar-refractivity contribution in [2.75, 3.05) is 17.7 Å². The molecule has 30 heavy (non-hydrogen) atoms. The van der Waals surface area contributed by atoms with Gasteiger partial charge >= 0.3 is 6.03 Å². The molecule has 1 heterocycles. The highest BCUT2D eigenvalue weighted by Gasteiger charge is 2.25. The molecule has 3 aromatic rings. The molecule has 0 bridgehead atoms. The van der Waals surface area contributed by atoms with Crippen molar-refractivity contribution in [2.45, 2.75) is 19.9 Å². The number of carbonyl (C=O) groups excluding carboxylic acids is 2. The number of hydrogen-bond donors (Lipinski definition) is 3. The van der Waals surface area contributed by atoms with Gasteiger partial charge in [0.15, 0.2) is 5.13 Å². The molecule has 2 aromatic carbocycles. The molecule has 7 nitrogen and oxygen atoms in total. The number of thiazole rings is 1. The topological polar surface area (TPSA) is 92.4 Å². The molecule has 0 spiro atoms. The Balaban J connectivity index is 1.67. The minimum absolute atomic E-state index is 0.111. The van der Waals surface area contributed by atoms with Gasteiger partial charge in [0.2, 0.25) is 5.91 Å². The monoisotopic (exact) mass is 424 g/mol. The molecular weight excluding hydrogens is 400 g/mol. The lowest BCUT2D eigenvalue weighted by Crippen LogP contribution is -2.48. The van der Waals surface area contributed by atoms with Crippen LogP contribution in [0.1, 0.15) is 13.8 Å². The van der Waals surface area contributed by atoms with Gasteiger partial charge in [0, 0.05) is 16.6 Å². The van der Waals surface area contributed by atoms with E-state index in [-0.39, 0.29) is 11.8 Å². The van der Waals surface area contributed by atoms with Crippen molar-refractivity contribution in [1.82, 2.24) is 10.3 Å². The van der Waals surface area contributed by atoms with Crippen LogP contribution in [0.15, 0.2) is 60.0 Å². The van der Waals surface area contributed by atoms with E-state index < -0.39 is 12.1 Å². The van der Waals surface area contributed by atoms with Gasteiger partial charge in [0.25, 0.3) is 0 Å². The SMILES string of the molecule is COc1ccccc1-c1csc(NC(=O)C(NC(=O)Nc2ccccc2)C(C)C)n1. The van der Waals surface area contributed by atoms with E-state index in [1.807, 2.05) is 61.7 Å². The Labute approximate surface area is 179 Å². The molecule has 0 aliphatic carbocycles. The van der Waals surface area contributed by atoms with Gasteiger partial charge in [-0.15, -0.1) is 11.3 Å². The number of benzene rings is 2. The largest absolute Gasteiger partial charge is 0.496 e. The summed E-state index contributed by atoms with van der Waals surface area (Å²) in [6.45, 7) is 3.74. The lowest BCUT2D eigenvalue weighted by molar-refractivity contribution is -0.118. The van der Waals surface area contributed by atoms with Crippen LogP contribution in [0.5, 0.6) is 5.75 Å². The lowest BCUT2D eigenvalue weighted by Gasteiger charge is -2.21. The fourth-order valence-electron chi connectivity index (χ4n) is 2.86. The third kappa shape index (κ3) is 5.36. The van der Waals surface area contributed by atoms with Crippen molar-refractivity contribution in [3.8, 4) is 17.0 Å². The van der Waals surface area contributed by atoms with Gasteiger partial charge in [0.05, 0.1) is 12.8 Å². The molecule has 0 saturated carbocycles. The van der Waals surface area contributed by atoms with Gasteiger partial charge in [-0.2, -0.15) is 0 Å². The summed E-state index contributed by atoms with van der Waals surface area (Å²) >= 11 is 1.32. The normalized spacial score (nSPS) is 11.6. The molecule has 3 rings (SSSR count). The Morgan fingerprint density at radius 2 is 1.70 bits per heavy atom. The van der Waals surface area contributed by atoms with Gasteiger partial charge in [0.1, 0.15) is 11.8 Å². The first-order valence-electron chi connectivity index (χ1n) is 9.50. The highest BCUT2D eigenvalue weighted by Crippen LogP contribution is 2.31. The standard InChI is InChI=1S/C22H24N4O3S/c1-14(2)19(25-21(28)23-15-9-5-4-6-10-15)20(27)26-22-24-17(13-30-22)16-11-7-8-12-18(16)29-3/h4-14,19H,1-3H3,(H2,23,25,28)(H,24,26,27). The summed E-state index contributed by atoms with van der Waals surface area (Å²) in [4.78, 5) is 29.6. The Morgan fingerprint density at radius 3 is 2.40 bits per heavy atom. The molecule has 1 atom stereocenters. The summed E-state index contributed by atoms with van der Waals surface area (Å²) < 4.78 is 5.38. The number of rotatable bonds is 7. The molecule has 0 aliphatic rings. The van der Waals surface area contributed by atoms with Gasteiger partial charge in [-0.1, -0.05) is 44.2 Å². The van der Waals surface area contributed by atoms with E-state index in [9.17, 15) is 9.59 Å². The molecule has 156 valence electrons. The van der Waals surface area contributed by atoms with Gasteiger partial charge in [-0.3, -0.25) is 4.79 Å². The second-order valence-corrected chi connectivity index (χ2v) is 7.77. The highest BCUT2D eigenvalue weighted by molar-refractivity contribution is 7.14. The van der Waals surface area contributed by atoms with Crippen LogP contribution in [0.4, 0.5) is 15.6 Å². The number of methoxy groups -OCH3 is 1. The van der Waals surface area contributed by atoms with Crippen LogP contribution < -0.4 is 20.7 Å². The smallest absolute Gasteiger partial charge is 0.319 e. The summed E-state index contributed by atoms with van der Waals surface area (Å²) in [5.74, 6) is 0.272. The number of hydrogen-bond acceptors (Lipinski definition) is 5. The number of nitrogens with zero attached hydrogens (tertiary/aromatic N) is 1. The number of carbonyl (C=O) groups is 2. The highest BCUT2D eigenvalue weighted by atomic mass is 32.1. The number of para-hydroxylation sites is 2. The minimum atomic E-state index is -0.715. The first-order valence-corrected chi connectivity index (χ1v) is 10.4. The van der Waals surface area contributed by atoms with Crippen LogP contribution in [-0.4, -0.2) is 30.1 Å². The number of ether oxygens (including phenoxy) is 1. The Hall–Kier alpha value is -3.39. The zero-order chi connectivity index (χ0) is 21.5. The van der Waals surface area contributed by atoms with E-state index in [0.717, 1.165) is 5.56 Å². The molecule has 8 heteroatoms. The van der Waals surface area contributed by atoms with E-state index in [1.165, 1.54) is 11.3 Å². The quantitative estimate of drug-likeness (QED) is 0.517.